The molecule has 1 N–H and O–H groups in total. The lowest BCUT2D eigenvalue weighted by Gasteiger charge is -2.13. The first-order chi connectivity index (χ1) is 6.86. The van der Waals surface area contributed by atoms with Crippen molar-refractivity contribution in [2.75, 3.05) is 7.05 Å². The van der Waals surface area contributed by atoms with E-state index in [0.717, 1.165) is 18.2 Å². The van der Waals surface area contributed by atoms with E-state index in [1.54, 1.807) is 0 Å². The Balaban J connectivity index is 2.33. The number of aliphatic imine (C=N–C) groups is 1. The molecule has 0 saturated carbocycles. The fourth-order valence-electron chi connectivity index (χ4n) is 1.89. The lowest BCUT2D eigenvalue weighted by Crippen LogP contribution is -2.18. The molecular weight excluding hydrogens is 172 g/mol. The summed E-state index contributed by atoms with van der Waals surface area (Å²) in [6, 6.07) is 0. The summed E-state index contributed by atoms with van der Waals surface area (Å²) in [5.41, 5.74) is 0. The van der Waals surface area contributed by atoms with E-state index in [2.05, 4.69) is 23.3 Å². The zero-order chi connectivity index (χ0) is 10.2. The lowest BCUT2D eigenvalue weighted by molar-refractivity contribution is 0.477. The standard InChI is InChI=1S/C12H22N2/c1-3-4-5-7-11-8-6-9-14-12(10-11)13-2/h6,9,11H,3-5,7-8,10H2,1-2H3,(H,13,14). The van der Waals surface area contributed by atoms with Crippen LogP contribution in [0, 0.1) is 5.92 Å². The van der Waals surface area contributed by atoms with Gasteiger partial charge < -0.3 is 5.32 Å². The lowest BCUT2D eigenvalue weighted by atomic mass is 9.94. The molecule has 0 saturated heterocycles. The third-order valence-corrected chi connectivity index (χ3v) is 2.81. The van der Waals surface area contributed by atoms with E-state index in [0.29, 0.717) is 0 Å². The molecule has 0 aliphatic carbocycles. The number of hydrogen-bond donors (Lipinski definition) is 1. The first-order valence-corrected chi connectivity index (χ1v) is 5.74. The Labute approximate surface area is 87.5 Å². The van der Waals surface area contributed by atoms with E-state index in [9.17, 15) is 0 Å². The van der Waals surface area contributed by atoms with E-state index in [-0.39, 0.29) is 0 Å². The van der Waals surface area contributed by atoms with Gasteiger partial charge in [-0.3, -0.25) is 4.99 Å². The van der Waals surface area contributed by atoms with E-state index >= 15 is 0 Å². The zero-order valence-electron chi connectivity index (χ0n) is 9.42. The van der Waals surface area contributed by atoms with Gasteiger partial charge >= 0.3 is 0 Å². The van der Waals surface area contributed by atoms with Gasteiger partial charge in [-0.15, -0.1) is 0 Å². The van der Waals surface area contributed by atoms with Crippen LogP contribution in [0.5, 0.6) is 0 Å². The van der Waals surface area contributed by atoms with Crippen molar-refractivity contribution < 1.29 is 0 Å². The van der Waals surface area contributed by atoms with E-state index < -0.39 is 0 Å². The van der Waals surface area contributed by atoms with Crippen molar-refractivity contribution >= 4 is 5.84 Å². The summed E-state index contributed by atoms with van der Waals surface area (Å²) in [5, 5.41) is 3.22. The smallest absolute Gasteiger partial charge is 0.100 e. The highest BCUT2D eigenvalue weighted by Crippen LogP contribution is 2.20. The van der Waals surface area contributed by atoms with Crippen LogP contribution >= 0.6 is 0 Å². The van der Waals surface area contributed by atoms with Crippen LogP contribution in [0.2, 0.25) is 0 Å². The van der Waals surface area contributed by atoms with Crippen molar-refractivity contribution in [3.8, 4) is 0 Å². The fourth-order valence-corrected chi connectivity index (χ4v) is 1.89. The second-order valence-electron chi connectivity index (χ2n) is 4.02. The number of unbranched alkanes of at least 4 members (excludes halogenated alkanes) is 2. The Morgan fingerprint density at radius 1 is 1.50 bits per heavy atom. The molecule has 0 fully saturated rings. The van der Waals surface area contributed by atoms with Crippen molar-refractivity contribution in [3.63, 3.8) is 0 Å². The SMILES string of the molecule is CCCCCC1CC=CNC(=NC)C1. The molecule has 0 bridgehead atoms. The van der Waals surface area contributed by atoms with Gasteiger partial charge in [-0.2, -0.15) is 0 Å². The predicted octanol–water partition coefficient (Wildman–Crippen LogP) is 3.11. The molecule has 1 aliphatic heterocycles. The molecule has 1 aliphatic rings. The average molecular weight is 194 g/mol. The van der Waals surface area contributed by atoms with Gasteiger partial charge in [0.2, 0.25) is 0 Å². The highest BCUT2D eigenvalue weighted by atomic mass is 15.0. The van der Waals surface area contributed by atoms with Gasteiger partial charge in [-0.1, -0.05) is 32.3 Å². The summed E-state index contributed by atoms with van der Waals surface area (Å²) in [5.74, 6) is 1.94. The maximum atomic E-state index is 4.24. The van der Waals surface area contributed by atoms with Crippen LogP contribution in [0.15, 0.2) is 17.3 Å². The number of allylic oxidation sites excluding steroid dienone is 1. The second-order valence-corrected chi connectivity index (χ2v) is 4.02. The van der Waals surface area contributed by atoms with Crippen LogP contribution in [0.1, 0.15) is 45.4 Å². The number of nitrogens with zero attached hydrogens (tertiary/aromatic N) is 1. The molecule has 0 radical (unpaired) electrons. The molecule has 14 heavy (non-hydrogen) atoms. The summed E-state index contributed by atoms with van der Waals surface area (Å²) in [7, 11) is 1.87. The van der Waals surface area contributed by atoms with Gasteiger partial charge in [-0.25, -0.2) is 0 Å². The predicted molar refractivity (Wildman–Crippen MR) is 62.5 cm³/mol. The van der Waals surface area contributed by atoms with Crippen LogP contribution in [0.3, 0.4) is 0 Å². The van der Waals surface area contributed by atoms with Gasteiger partial charge in [0.15, 0.2) is 0 Å². The van der Waals surface area contributed by atoms with Gasteiger partial charge in [0.25, 0.3) is 0 Å². The first-order valence-electron chi connectivity index (χ1n) is 5.74. The minimum absolute atomic E-state index is 0.798. The number of amidine groups is 1. The topological polar surface area (TPSA) is 24.4 Å². The normalized spacial score (nSPS) is 24.7. The van der Waals surface area contributed by atoms with Crippen LogP contribution in [-0.4, -0.2) is 12.9 Å². The van der Waals surface area contributed by atoms with Gasteiger partial charge in [-0.05, 0) is 25.0 Å². The van der Waals surface area contributed by atoms with Crippen molar-refractivity contribution in [1.82, 2.24) is 5.32 Å². The Hall–Kier alpha value is -0.790. The van der Waals surface area contributed by atoms with Gasteiger partial charge in [0, 0.05) is 13.5 Å². The molecule has 2 nitrogen and oxygen atoms in total. The molecule has 2 heteroatoms. The maximum Gasteiger partial charge on any atom is 0.100 e. The minimum Gasteiger partial charge on any atom is -0.351 e. The van der Waals surface area contributed by atoms with E-state index in [1.165, 1.54) is 32.1 Å². The number of hydrogen-bond acceptors (Lipinski definition) is 1. The minimum atomic E-state index is 0.798. The maximum absolute atomic E-state index is 4.24. The Morgan fingerprint density at radius 2 is 2.36 bits per heavy atom. The molecule has 0 aromatic rings. The number of nitrogens with one attached hydrogen (secondary N) is 1. The molecule has 0 spiro atoms. The molecule has 0 aromatic heterocycles. The average Bonchev–Trinajstić information content (AvgIpc) is 2.43. The zero-order valence-corrected chi connectivity index (χ0v) is 9.42. The van der Waals surface area contributed by atoms with E-state index in [1.807, 2.05) is 13.2 Å². The quantitative estimate of drug-likeness (QED) is 0.683. The van der Waals surface area contributed by atoms with E-state index in [4.69, 9.17) is 0 Å². The summed E-state index contributed by atoms with van der Waals surface area (Å²) in [4.78, 5) is 4.24. The second kappa shape index (κ2) is 6.63. The number of rotatable bonds is 4. The molecule has 1 atom stereocenters. The third-order valence-electron chi connectivity index (χ3n) is 2.81. The van der Waals surface area contributed by atoms with Crippen molar-refractivity contribution in [3.05, 3.63) is 12.3 Å². The molecule has 80 valence electrons. The summed E-state index contributed by atoms with van der Waals surface area (Å²) >= 11 is 0. The molecule has 1 heterocycles. The molecular formula is C12H22N2. The molecule has 0 aromatic carbocycles. The summed E-state index contributed by atoms with van der Waals surface area (Å²) < 4.78 is 0. The Kier molecular flexibility index (Phi) is 5.35. The van der Waals surface area contributed by atoms with Crippen molar-refractivity contribution in [2.24, 2.45) is 10.9 Å². The van der Waals surface area contributed by atoms with Crippen LogP contribution in [-0.2, 0) is 0 Å². The van der Waals surface area contributed by atoms with Crippen LogP contribution < -0.4 is 5.32 Å². The highest BCUT2D eigenvalue weighted by Gasteiger charge is 2.12. The van der Waals surface area contributed by atoms with Crippen molar-refractivity contribution in [1.29, 1.82) is 0 Å². The summed E-state index contributed by atoms with van der Waals surface area (Å²) in [6.45, 7) is 2.26. The first kappa shape index (κ1) is 11.3. The van der Waals surface area contributed by atoms with Gasteiger partial charge in [0.1, 0.15) is 5.84 Å². The van der Waals surface area contributed by atoms with Gasteiger partial charge in [0.05, 0.1) is 0 Å². The molecule has 1 unspecified atom stereocenters. The fraction of sp³-hybridized carbons (Fsp3) is 0.750. The van der Waals surface area contributed by atoms with Crippen LogP contribution in [0.25, 0.3) is 0 Å². The molecule has 0 amide bonds. The van der Waals surface area contributed by atoms with Crippen LogP contribution in [0.4, 0.5) is 0 Å². The largest absolute Gasteiger partial charge is 0.351 e. The highest BCUT2D eigenvalue weighted by molar-refractivity contribution is 5.83. The Bertz CT molecular complexity index is 206. The molecule has 1 rings (SSSR count). The third kappa shape index (κ3) is 3.95. The summed E-state index contributed by atoms with van der Waals surface area (Å²) in [6.07, 6.45) is 12.0. The monoisotopic (exact) mass is 194 g/mol. The Morgan fingerprint density at radius 3 is 3.07 bits per heavy atom. The van der Waals surface area contributed by atoms with Crippen molar-refractivity contribution in [2.45, 2.75) is 45.4 Å².